The Morgan fingerprint density at radius 3 is 1.32 bits per heavy atom. The topological polar surface area (TPSA) is 418 Å². The van der Waals surface area contributed by atoms with Gasteiger partial charge in [-0.2, -0.15) is 25.1 Å². The van der Waals surface area contributed by atoms with E-state index >= 15 is 0 Å². The first-order valence-corrected chi connectivity index (χ1v) is 29.9. The number of nitrogens with one attached hydrogen (secondary N) is 2. The Morgan fingerprint density at radius 1 is 0.533 bits per heavy atom. The third kappa shape index (κ3) is 25.3. The summed E-state index contributed by atoms with van der Waals surface area (Å²) in [6.07, 6.45) is 3.38. The summed E-state index contributed by atoms with van der Waals surface area (Å²) in [6, 6.07) is 26.0. The van der Waals surface area contributed by atoms with Gasteiger partial charge in [0.05, 0.1) is 93.7 Å². The second-order valence-corrected chi connectivity index (χ2v) is 23.7. The van der Waals surface area contributed by atoms with Crippen LogP contribution in [-0.2, 0) is 9.31 Å². The van der Waals surface area contributed by atoms with Crippen LogP contribution in [-0.4, -0.2) is 163 Å². The van der Waals surface area contributed by atoms with Crippen molar-refractivity contribution in [1.29, 1.82) is 0 Å². The van der Waals surface area contributed by atoms with E-state index in [0.717, 1.165) is 57.3 Å². The molecular formula is C56H67BBr3Cl3KN15O11. The summed E-state index contributed by atoms with van der Waals surface area (Å²) < 4.78 is 30.3. The van der Waals surface area contributed by atoms with Gasteiger partial charge in [-0.3, -0.25) is 10.2 Å². The van der Waals surface area contributed by atoms with Crippen LogP contribution in [0.15, 0.2) is 111 Å². The van der Waals surface area contributed by atoms with Gasteiger partial charge >= 0.3 is 58.5 Å². The first kappa shape index (κ1) is 79.5. The number of nitrogens with zero attached hydrogens (tertiary/aromatic N) is 10. The molecule has 1 aliphatic heterocycles. The zero-order chi connectivity index (χ0) is 64.8. The van der Waals surface area contributed by atoms with Crippen molar-refractivity contribution < 1.29 is 106 Å². The van der Waals surface area contributed by atoms with Gasteiger partial charge in [-0.15, -0.1) is 5.60 Å². The second-order valence-electron chi connectivity index (χ2n) is 19.9. The maximum atomic E-state index is 10.1. The third-order valence-corrected chi connectivity index (χ3v) is 13.5. The molecule has 6 aromatic heterocycles. The summed E-state index contributed by atoms with van der Waals surface area (Å²) in [5, 5.41) is 68.9. The molecule has 0 atom stereocenters. The number of aromatic amines is 2. The molecule has 0 bridgehead atoms. The van der Waals surface area contributed by atoms with Crippen LogP contribution in [0.5, 0.6) is 17.6 Å². The Hall–Kier alpha value is -4.69. The van der Waals surface area contributed by atoms with Gasteiger partial charge in [0.15, 0.2) is 0 Å². The average Bonchev–Trinajstić information content (AvgIpc) is 1.89. The molecule has 478 valence electrons. The van der Waals surface area contributed by atoms with Crippen molar-refractivity contribution in [2.75, 3.05) is 64.3 Å². The Kier molecular flexibility index (Phi) is 34.0. The van der Waals surface area contributed by atoms with Crippen LogP contribution in [0.3, 0.4) is 0 Å². The van der Waals surface area contributed by atoms with Gasteiger partial charge < -0.3 is 71.8 Å². The van der Waals surface area contributed by atoms with Gasteiger partial charge in [0.2, 0.25) is 40.1 Å². The van der Waals surface area contributed by atoms with E-state index < -0.39 is 5.60 Å². The molecule has 0 radical (unpaired) electrons. The minimum Gasteiger partial charge on any atom is -0.850 e. The quantitative estimate of drug-likeness (QED) is 0.0414. The number of nitrogen functional groups attached to an aromatic ring is 2. The SMILES string of the molecule is CC(C)(C)[O-].CC1(C)OB(c2ccn[nH]2)OC1(C)C.Clc1nc(Cl)c2ccc(Br)cc2n1.N.Nc1nc(OCCO)c2ccc(-c3ccn[nH]3)cc2n1.Nc1nc(OCCO)c2ccc(Br)cc2n1.OCCO.OCCOc1nc(Cl)nc2cc(Br)ccc12.[K+]. The number of benzene rings is 4. The molecule has 11 rings (SSSR count). The maximum absolute atomic E-state index is 10.1. The predicted molar refractivity (Wildman–Crippen MR) is 354 cm³/mol. The molecule has 4 aromatic carbocycles. The fourth-order valence-corrected chi connectivity index (χ4v) is 8.68. The largest absolute Gasteiger partial charge is 1.00 e. The van der Waals surface area contributed by atoms with Gasteiger partial charge in [0, 0.05) is 36.8 Å². The first-order valence-electron chi connectivity index (χ1n) is 26.4. The fraction of sp³-hybridized carbons (Fsp3) is 0.321. The Balaban J connectivity index is 0.000000284. The van der Waals surface area contributed by atoms with Crippen molar-refractivity contribution in [2.24, 2.45) is 0 Å². The monoisotopic (exact) mass is 1520 g/mol. The number of anilines is 2. The first-order chi connectivity index (χ1) is 41.7. The van der Waals surface area contributed by atoms with Crippen LogP contribution in [0.2, 0.25) is 15.7 Å². The number of halogens is 6. The zero-order valence-corrected chi connectivity index (χ0v) is 60.4. The molecule has 10 aromatic rings. The van der Waals surface area contributed by atoms with E-state index in [4.69, 9.17) is 95.3 Å². The predicted octanol–water partition coefficient (Wildman–Crippen LogP) is 5.43. The molecule has 0 aliphatic carbocycles. The van der Waals surface area contributed by atoms with E-state index in [2.05, 4.69) is 108 Å². The average molecular weight is 1520 g/mol. The van der Waals surface area contributed by atoms with Crippen molar-refractivity contribution in [3.63, 3.8) is 0 Å². The summed E-state index contributed by atoms with van der Waals surface area (Å²) in [5.74, 6) is 1.43. The third-order valence-electron chi connectivity index (χ3n) is 11.4. The molecular weight excluding hydrogens is 1450 g/mol. The standard InChI is InChI=1S/C13H13N5O2.C10H8BrClN2O2.C10H10BrN3O2.C9H15BN2O2.C8H3BrCl2N2.C4H9O.C2H6O2.K.H3N/c14-13-16-11-7-8(10-3-4-15-18-10)1-2-9(11)12(17-13)20-6-5-19;2*11-6-1-2-7-8(5-6)13-10(12)14-9(7)16-4-3-15;1-8(2)9(3,4)14-10(13-8)7-5-6-11-12-7;9-4-1-2-5-6(3-4)12-8(11)13-7(5)10;1-4(2,3)5;3-1-2-4;;/h1-4,7,19H,5-6H2,(H,15,18)(H2,14,16,17);1-2,5,15H,3-4H2;1-2,5,15H,3-4H2,(H2,12,13,14);5-6H,1-4H3,(H,11,12);1-3H;1-3H3;3-4H,1-2H2;;1H3/q;;;;;-1;;+1;. The number of aliphatic hydroxyl groups is 5. The van der Waals surface area contributed by atoms with Gasteiger partial charge in [-0.25, -0.2) is 24.9 Å². The summed E-state index contributed by atoms with van der Waals surface area (Å²) in [4.78, 5) is 32.3. The van der Waals surface area contributed by atoms with Crippen LogP contribution in [0, 0.1) is 0 Å². The Bertz CT molecular complexity index is 3690. The normalized spacial score (nSPS) is 12.5. The van der Waals surface area contributed by atoms with Crippen LogP contribution in [0.1, 0.15) is 48.5 Å². The molecule has 1 aliphatic rings. The number of nitrogens with two attached hydrogens (primary N) is 2. The van der Waals surface area contributed by atoms with E-state index in [1.165, 1.54) is 0 Å². The molecule has 26 nitrogen and oxygen atoms in total. The number of ether oxygens (including phenoxy) is 3. The Morgan fingerprint density at radius 2 is 0.911 bits per heavy atom. The smallest absolute Gasteiger partial charge is 0.850 e. The molecule has 1 saturated heterocycles. The van der Waals surface area contributed by atoms with Crippen molar-refractivity contribution >= 4 is 151 Å². The molecule has 7 heterocycles. The minimum atomic E-state index is -0.750. The molecule has 0 saturated carbocycles. The van der Waals surface area contributed by atoms with Gasteiger partial charge in [-0.1, -0.05) is 86.2 Å². The van der Waals surface area contributed by atoms with Gasteiger partial charge in [0.1, 0.15) is 25.0 Å². The van der Waals surface area contributed by atoms with Crippen molar-refractivity contribution in [1.82, 2.24) is 66.4 Å². The van der Waals surface area contributed by atoms with Crippen LogP contribution in [0.4, 0.5) is 11.9 Å². The molecule has 1 fully saturated rings. The minimum absolute atomic E-state index is 0. The Labute approximate surface area is 601 Å². The number of aliphatic hydroxyl groups excluding tert-OH is 5. The maximum Gasteiger partial charge on any atom is 1.00 e. The number of rotatable bonds is 12. The number of hydrogen-bond acceptors (Lipinski definition) is 24. The zero-order valence-electron chi connectivity index (χ0n) is 50.3. The number of H-pyrrole nitrogens is 2. The van der Waals surface area contributed by atoms with Crippen LogP contribution in [0.25, 0.3) is 54.9 Å². The summed E-state index contributed by atoms with van der Waals surface area (Å²) in [7, 11) is -0.331. The van der Waals surface area contributed by atoms with Crippen molar-refractivity contribution in [2.45, 2.75) is 65.3 Å². The molecule has 90 heavy (non-hydrogen) atoms. The molecule has 0 amide bonds. The van der Waals surface area contributed by atoms with Gasteiger partial charge in [0.25, 0.3) is 0 Å². The molecule has 34 heteroatoms. The van der Waals surface area contributed by atoms with E-state index in [1.54, 1.807) is 33.2 Å². The van der Waals surface area contributed by atoms with Gasteiger partial charge in [-0.05, 0) is 130 Å². The molecule has 0 unspecified atom stereocenters. The molecule has 0 spiro atoms. The van der Waals surface area contributed by atoms with Crippen molar-refractivity contribution in [3.05, 3.63) is 126 Å². The van der Waals surface area contributed by atoms with E-state index in [1.807, 2.05) is 113 Å². The molecule has 14 N–H and O–H groups in total. The number of hydrogen-bond donors (Lipinski definition) is 10. The number of aromatic nitrogens is 12. The van der Waals surface area contributed by atoms with Crippen LogP contribution >= 0.6 is 82.6 Å². The number of fused-ring (bicyclic) bond motifs is 4. The summed E-state index contributed by atoms with van der Waals surface area (Å²) >= 11 is 27.3. The van der Waals surface area contributed by atoms with E-state index in [-0.39, 0.29) is 151 Å². The van der Waals surface area contributed by atoms with E-state index in [9.17, 15) is 5.11 Å². The van der Waals surface area contributed by atoms with Crippen molar-refractivity contribution in [3.8, 4) is 28.9 Å². The van der Waals surface area contributed by atoms with Crippen LogP contribution < -0.4 is 93.9 Å². The summed E-state index contributed by atoms with van der Waals surface area (Å²) in [5.41, 5.74) is 15.4. The van der Waals surface area contributed by atoms with E-state index in [0.29, 0.717) is 39.3 Å². The summed E-state index contributed by atoms with van der Waals surface area (Å²) in [6.45, 7) is 13.1. The second kappa shape index (κ2) is 38.5. The fourth-order valence-electron chi connectivity index (χ4n) is 7.00.